The summed E-state index contributed by atoms with van der Waals surface area (Å²) in [6.45, 7) is 2.22. The zero-order chi connectivity index (χ0) is 59.7. The minimum Gasteiger partial charge on any atom is -0.508 e. The molecule has 4 atom stereocenters. The van der Waals surface area contributed by atoms with Crippen LogP contribution in [-0.2, 0) is 25.5 Å². The van der Waals surface area contributed by atoms with Gasteiger partial charge >= 0.3 is 0 Å². The Bertz CT molecular complexity index is 3630. The number of nitrogens with zero attached hydrogens (tertiary/aromatic N) is 2. The third-order valence-corrected chi connectivity index (χ3v) is 14.7. The Morgan fingerprint density at radius 2 is 1.58 bits per heavy atom. The first-order chi connectivity index (χ1) is 40.5. The van der Waals surface area contributed by atoms with Crippen LogP contribution in [0, 0.1) is 11.8 Å². The summed E-state index contributed by atoms with van der Waals surface area (Å²) in [4.78, 5) is 61.5. The van der Waals surface area contributed by atoms with Gasteiger partial charge in [-0.1, -0.05) is 90.7 Å². The number of aliphatic hydroxyl groups excluding tert-OH is 2. The Morgan fingerprint density at radius 3 is 2.30 bits per heavy atom. The van der Waals surface area contributed by atoms with Gasteiger partial charge in [0.15, 0.2) is 18.2 Å². The Kier molecular flexibility index (Phi) is 18.4. The van der Waals surface area contributed by atoms with Crippen molar-refractivity contribution in [3.8, 4) is 46.3 Å². The molecule has 0 spiro atoms. The van der Waals surface area contributed by atoms with Crippen molar-refractivity contribution in [3.63, 3.8) is 0 Å². The topological polar surface area (TPSA) is 296 Å². The summed E-state index contributed by atoms with van der Waals surface area (Å²) in [6.07, 6.45) is -1.14. The van der Waals surface area contributed by atoms with E-state index in [0.29, 0.717) is 25.3 Å². The van der Waals surface area contributed by atoms with Crippen LogP contribution >= 0.6 is 0 Å². The van der Waals surface area contributed by atoms with Gasteiger partial charge < -0.3 is 64.8 Å². The number of aliphatic hydroxyl groups is 3. The highest BCUT2D eigenvalue weighted by Crippen LogP contribution is 2.52. The van der Waals surface area contributed by atoms with Crippen LogP contribution in [-0.4, -0.2) is 142 Å². The van der Waals surface area contributed by atoms with E-state index in [1.807, 2.05) is 66.5 Å². The molecule has 84 heavy (non-hydrogen) atoms. The molecule has 0 fully saturated rings. The van der Waals surface area contributed by atoms with E-state index in [0.717, 1.165) is 40.7 Å². The third kappa shape index (κ3) is 12.8. The normalized spacial score (nSPS) is 18.3. The molecule has 1 amide bonds. The molecule has 20 nitrogen and oxygen atoms in total. The minimum absolute atomic E-state index is 0.0176. The zero-order valence-electron chi connectivity index (χ0n) is 46.1. The molecule has 1 heterocycles. The Morgan fingerprint density at radius 1 is 0.857 bits per heavy atom. The monoisotopic (exact) mass is 1140 g/mol. The maximum absolute atomic E-state index is 14.0. The second kappa shape index (κ2) is 26.2. The zero-order valence-corrected chi connectivity index (χ0v) is 46.1. The van der Waals surface area contributed by atoms with Gasteiger partial charge in [-0.05, 0) is 95.4 Å². The Balaban J connectivity index is 0.748. The van der Waals surface area contributed by atoms with Gasteiger partial charge in [-0.15, -0.1) is 0 Å². The van der Waals surface area contributed by atoms with Crippen molar-refractivity contribution in [2.24, 2.45) is 5.16 Å². The number of carbonyl (C=O) groups is 4. The Hall–Kier alpha value is -9.49. The predicted octanol–water partition coefficient (Wildman–Crippen LogP) is 6.81. The van der Waals surface area contributed by atoms with Crippen molar-refractivity contribution in [2.45, 2.75) is 56.6 Å². The van der Waals surface area contributed by atoms with Crippen LogP contribution in [0.15, 0.2) is 132 Å². The summed E-state index contributed by atoms with van der Waals surface area (Å²) >= 11 is 0. The molecule has 9 N–H and O–H groups in total. The lowest BCUT2D eigenvalue weighted by Crippen LogP contribution is -2.48. The van der Waals surface area contributed by atoms with Crippen LogP contribution in [0.5, 0.6) is 34.5 Å². The molecule has 0 bridgehead atoms. The number of nitrogens with one attached hydrogen (secondary N) is 2. The van der Waals surface area contributed by atoms with Crippen LogP contribution in [0.2, 0.25) is 0 Å². The highest BCUT2D eigenvalue weighted by Gasteiger charge is 2.50. The lowest BCUT2D eigenvalue weighted by atomic mass is 9.72. The van der Waals surface area contributed by atoms with Crippen molar-refractivity contribution in [1.82, 2.24) is 15.5 Å². The van der Waals surface area contributed by atoms with Crippen LogP contribution in [0.25, 0.3) is 11.1 Å². The molecule has 2 aliphatic carbocycles. The second-order valence-corrected chi connectivity index (χ2v) is 20.2. The molecule has 0 aromatic heterocycles. The molecule has 3 aliphatic rings. The fraction of sp³-hybridized carbons (Fsp3) is 0.266. The van der Waals surface area contributed by atoms with Gasteiger partial charge in [0, 0.05) is 42.5 Å². The molecular weight excluding hydrogens is 1080 g/mol. The number of aromatic hydroxyl groups is 4. The number of Topliss-reactive ketones (excluding diaryl/α,β-unsaturated/α-hetero) is 1. The number of carbonyl (C=O) groups excluding carboxylic acids is 4. The van der Waals surface area contributed by atoms with E-state index < -0.39 is 89.4 Å². The van der Waals surface area contributed by atoms with E-state index in [-0.39, 0.29) is 70.5 Å². The standard InChI is InChI=1S/C64H62N4O16/c1-4-43(38-11-6-5-7-12-38)54(39-16-20-41(70)21-17-39)40-18-22-42(23-19-40)81-28-26-68(2)25-8-9-27-83-67-33-37-15-24-48(71)45(29-37)63(78)66-36-65-47-30-53(82-35-49(47)72)84-51-32-64(79,52(73)34-69)31-46-56(51)62(77)58-57(60(46)75)59(74)44-13-10-14-50(80-3)55(44)61(58)76/h5-7,10-24,29,33,35,47,51,53,65,69-72,75,77,79H,4,25-28,30-32,34,36H2,1-3H3,(H,66,78)/b54-43?,67-33+/t47?,51-,53?,64-/m0/s1. The number of oxime groups is 1. The van der Waals surface area contributed by atoms with Gasteiger partial charge in [0.05, 0.1) is 60.9 Å². The van der Waals surface area contributed by atoms with Gasteiger partial charge in [-0.25, -0.2) is 0 Å². The summed E-state index contributed by atoms with van der Waals surface area (Å²) in [6, 6.07) is 33.0. The number of amides is 1. The molecule has 6 aromatic carbocycles. The Labute approximate surface area is 483 Å². The molecule has 9 rings (SSSR count). The van der Waals surface area contributed by atoms with Crippen molar-refractivity contribution in [3.05, 3.63) is 188 Å². The van der Waals surface area contributed by atoms with Gasteiger partial charge in [0.1, 0.15) is 65.3 Å². The highest BCUT2D eigenvalue weighted by molar-refractivity contribution is 6.31. The van der Waals surface area contributed by atoms with Crippen molar-refractivity contribution in [2.75, 3.05) is 53.7 Å². The summed E-state index contributed by atoms with van der Waals surface area (Å²) in [7, 11) is 3.22. The van der Waals surface area contributed by atoms with Crippen LogP contribution in [0.4, 0.5) is 0 Å². The van der Waals surface area contributed by atoms with Gasteiger partial charge in [-0.2, -0.15) is 0 Å². The van der Waals surface area contributed by atoms with Crippen molar-refractivity contribution < 1.29 is 78.7 Å². The number of hydrogen-bond acceptors (Lipinski definition) is 19. The van der Waals surface area contributed by atoms with Crippen LogP contribution < -0.4 is 20.1 Å². The van der Waals surface area contributed by atoms with Crippen molar-refractivity contribution >= 4 is 40.6 Å². The molecule has 0 saturated heterocycles. The first kappa shape index (κ1) is 59.1. The maximum Gasteiger partial charge on any atom is 0.256 e. The maximum atomic E-state index is 14.0. The van der Waals surface area contributed by atoms with Gasteiger partial charge in [0.25, 0.3) is 5.91 Å². The van der Waals surface area contributed by atoms with Crippen molar-refractivity contribution in [1.29, 1.82) is 0 Å². The summed E-state index contributed by atoms with van der Waals surface area (Å²) in [5.74, 6) is 1.33. The molecule has 6 aromatic rings. The van der Waals surface area contributed by atoms with Crippen LogP contribution in [0.1, 0.15) is 108 Å². The number of methoxy groups -OCH3 is 1. The van der Waals surface area contributed by atoms with E-state index >= 15 is 0 Å². The lowest BCUT2D eigenvalue weighted by molar-refractivity contribution is -0.181. The van der Waals surface area contributed by atoms with E-state index in [1.54, 1.807) is 12.1 Å². The number of fused-ring (bicyclic) bond motifs is 3. The molecule has 1 aliphatic heterocycles. The fourth-order valence-electron chi connectivity index (χ4n) is 10.4. The second-order valence-electron chi connectivity index (χ2n) is 20.2. The first-order valence-corrected chi connectivity index (χ1v) is 26.9. The molecule has 0 saturated carbocycles. The molecule has 0 radical (unpaired) electrons. The van der Waals surface area contributed by atoms with Gasteiger partial charge in [0.2, 0.25) is 12.1 Å². The minimum atomic E-state index is -2.38. The summed E-state index contributed by atoms with van der Waals surface area (Å²) in [5, 5.41) is 85.8. The lowest BCUT2D eigenvalue weighted by Gasteiger charge is -2.40. The SMILES string of the molecule is CCC(=C(c1ccc(O)cc1)c1ccc(OCCN(C)CC#CCO/N=C/c2ccc(O)c(C(=O)NCNC3CC(O[C@H]4C[C@](O)(C(=O)CO)Cc5c(O)c6c(c(O)c54)C(=O)c4c(OC)cccc4C6=O)OC=C3O)c2)cc1)c1ccccc1. The van der Waals surface area contributed by atoms with E-state index in [1.165, 1.54) is 55.3 Å². The molecule has 2 unspecified atom stereocenters. The number of ether oxygens (including phenoxy) is 4. The van der Waals surface area contributed by atoms with Crippen LogP contribution in [0.3, 0.4) is 0 Å². The summed E-state index contributed by atoms with van der Waals surface area (Å²) < 4.78 is 23.2. The fourth-order valence-corrected chi connectivity index (χ4v) is 10.4. The number of ketones is 3. The largest absolute Gasteiger partial charge is 0.508 e. The average molecular weight is 1140 g/mol. The number of hydrogen-bond donors (Lipinski definition) is 9. The number of phenols is 4. The van der Waals surface area contributed by atoms with Gasteiger partial charge in [-0.3, -0.25) is 29.4 Å². The van der Waals surface area contributed by atoms with E-state index in [2.05, 4.69) is 46.7 Å². The number of rotatable bonds is 21. The molecule has 434 valence electrons. The molecular formula is C64H62N4O16. The number of allylic oxidation sites excluding steroid dienone is 1. The van der Waals surface area contributed by atoms with E-state index in [9.17, 15) is 54.9 Å². The highest BCUT2D eigenvalue weighted by atomic mass is 16.7. The smallest absolute Gasteiger partial charge is 0.256 e. The number of phenolic OH excluding ortho intramolecular Hbond substituents is 4. The van der Waals surface area contributed by atoms with E-state index in [4.69, 9.17) is 23.8 Å². The predicted molar refractivity (Wildman–Crippen MR) is 308 cm³/mol. The number of benzene rings is 6. The average Bonchev–Trinajstić information content (AvgIpc) is 0.861. The summed E-state index contributed by atoms with van der Waals surface area (Å²) in [5.41, 5.74) is 1.53. The quantitative estimate of drug-likeness (QED) is 0.00679. The number of likely N-dealkylation sites (N-methyl/N-ethyl adjacent to an activating group) is 1. The third-order valence-electron chi connectivity index (χ3n) is 14.7. The first-order valence-electron chi connectivity index (χ1n) is 26.9. The molecule has 20 heteroatoms.